The number of hydrogen-bond donors (Lipinski definition) is 3. The van der Waals surface area contributed by atoms with Crippen LogP contribution in [0.1, 0.15) is 13.8 Å². The van der Waals surface area contributed by atoms with Crippen LogP contribution in [0.3, 0.4) is 0 Å². The van der Waals surface area contributed by atoms with E-state index < -0.39 is 26.4 Å². The van der Waals surface area contributed by atoms with Crippen molar-refractivity contribution in [2.45, 2.75) is 30.8 Å². The van der Waals surface area contributed by atoms with Crippen molar-refractivity contribution < 1.29 is 22.0 Å². The van der Waals surface area contributed by atoms with Gasteiger partial charge in [0.1, 0.15) is 10.6 Å². The molecular weight excluding hydrogens is 552 g/mol. The number of aromatic nitrogens is 3. The molecule has 0 aliphatic carbocycles. The maximum absolute atomic E-state index is 15.0. The summed E-state index contributed by atoms with van der Waals surface area (Å²) in [6.45, 7) is 6.54. The average Bonchev–Trinajstić information content (AvgIpc) is 3.35. The molecule has 2 unspecified atom stereocenters. The zero-order valence-corrected chi connectivity index (χ0v) is 23.9. The minimum Gasteiger partial charge on any atom is -0.359 e. The number of sulfone groups is 1. The number of halogens is 2. The van der Waals surface area contributed by atoms with E-state index in [-0.39, 0.29) is 35.3 Å². The lowest BCUT2D eigenvalue weighted by Gasteiger charge is -2.41. The van der Waals surface area contributed by atoms with Crippen LogP contribution in [-0.4, -0.2) is 84.1 Å². The molecule has 1 aliphatic rings. The molecule has 4 aromatic rings. The Morgan fingerprint density at radius 1 is 1.15 bits per heavy atom. The van der Waals surface area contributed by atoms with Crippen molar-refractivity contribution in [3.63, 3.8) is 0 Å². The lowest BCUT2D eigenvalue weighted by atomic mass is 10.1. The highest BCUT2D eigenvalue weighted by molar-refractivity contribution is 7.90. The van der Waals surface area contributed by atoms with Crippen LogP contribution in [0.4, 0.5) is 26.1 Å². The Morgan fingerprint density at radius 3 is 2.61 bits per heavy atom. The van der Waals surface area contributed by atoms with E-state index in [4.69, 9.17) is 0 Å². The Bertz CT molecular complexity index is 1730. The molecule has 1 aliphatic heterocycles. The maximum Gasteiger partial charge on any atom is 0.241 e. The number of carbonyl (C=O) groups is 1. The number of amides is 1. The summed E-state index contributed by atoms with van der Waals surface area (Å²) in [6.07, 6.45) is 3.43. The SMILES string of the molecule is CC1CN(C)CCN1C(C)C(=O)Nc1cccc2c(-c3nc(Nc4cccc(S(C)(=O)=O)c4F)ncc3F)c[nH]c12. The van der Waals surface area contributed by atoms with Gasteiger partial charge < -0.3 is 20.5 Å². The summed E-state index contributed by atoms with van der Waals surface area (Å²) in [6, 6.07) is 9.04. The fourth-order valence-corrected chi connectivity index (χ4v) is 5.96. The smallest absolute Gasteiger partial charge is 0.241 e. The van der Waals surface area contributed by atoms with Gasteiger partial charge >= 0.3 is 0 Å². The summed E-state index contributed by atoms with van der Waals surface area (Å²) in [5, 5.41) is 6.26. The molecular formula is C28H31F2N7O3S. The minimum atomic E-state index is -3.81. The van der Waals surface area contributed by atoms with Gasteiger partial charge in [0.25, 0.3) is 0 Å². The fourth-order valence-electron chi connectivity index (χ4n) is 5.20. The molecule has 0 spiro atoms. The van der Waals surface area contributed by atoms with Crippen LogP contribution < -0.4 is 10.6 Å². The number of benzene rings is 2. The van der Waals surface area contributed by atoms with E-state index in [0.29, 0.717) is 22.2 Å². The second-order valence-corrected chi connectivity index (χ2v) is 12.3. The van der Waals surface area contributed by atoms with Gasteiger partial charge in [0.2, 0.25) is 11.9 Å². The van der Waals surface area contributed by atoms with Gasteiger partial charge in [0.15, 0.2) is 21.5 Å². The minimum absolute atomic E-state index is 0.0588. The van der Waals surface area contributed by atoms with E-state index in [2.05, 4.69) is 49.4 Å². The van der Waals surface area contributed by atoms with Crippen LogP contribution in [0.2, 0.25) is 0 Å². The fraction of sp³-hybridized carbons (Fsp3) is 0.321. The molecule has 3 N–H and O–H groups in total. The van der Waals surface area contributed by atoms with Crippen molar-refractivity contribution in [2.75, 3.05) is 43.6 Å². The van der Waals surface area contributed by atoms with Crippen LogP contribution in [0.25, 0.3) is 22.2 Å². The topological polar surface area (TPSA) is 123 Å². The molecule has 0 radical (unpaired) electrons. The molecule has 5 rings (SSSR count). The van der Waals surface area contributed by atoms with Gasteiger partial charge in [-0.1, -0.05) is 18.2 Å². The summed E-state index contributed by atoms with van der Waals surface area (Å²) in [5.41, 5.74) is 1.31. The van der Waals surface area contributed by atoms with Gasteiger partial charge in [-0.05, 0) is 39.1 Å². The van der Waals surface area contributed by atoms with Gasteiger partial charge in [-0.2, -0.15) is 0 Å². The summed E-state index contributed by atoms with van der Waals surface area (Å²) < 4.78 is 53.6. The van der Waals surface area contributed by atoms with E-state index in [0.717, 1.165) is 38.2 Å². The van der Waals surface area contributed by atoms with Gasteiger partial charge in [-0.15, -0.1) is 0 Å². The van der Waals surface area contributed by atoms with Gasteiger partial charge in [0, 0.05) is 49.1 Å². The number of rotatable bonds is 7. The lowest BCUT2D eigenvalue weighted by molar-refractivity contribution is -0.122. The van der Waals surface area contributed by atoms with Gasteiger partial charge in [-0.25, -0.2) is 27.2 Å². The highest BCUT2D eigenvalue weighted by Gasteiger charge is 2.30. The summed E-state index contributed by atoms with van der Waals surface area (Å²) in [7, 11) is -1.74. The molecule has 2 aromatic heterocycles. The number of nitrogens with one attached hydrogen (secondary N) is 3. The van der Waals surface area contributed by atoms with Crippen molar-refractivity contribution in [2.24, 2.45) is 0 Å². The lowest BCUT2D eigenvalue weighted by Crippen LogP contribution is -2.56. The molecule has 1 fully saturated rings. The number of hydrogen-bond acceptors (Lipinski definition) is 8. The molecule has 0 bridgehead atoms. The number of H-pyrrole nitrogens is 1. The van der Waals surface area contributed by atoms with E-state index >= 15 is 0 Å². The van der Waals surface area contributed by atoms with Crippen LogP contribution in [0, 0.1) is 11.6 Å². The predicted molar refractivity (Wildman–Crippen MR) is 154 cm³/mol. The second kappa shape index (κ2) is 11.1. The summed E-state index contributed by atoms with van der Waals surface area (Å²) in [4.78, 5) is 28.4. The third kappa shape index (κ3) is 5.78. The number of likely N-dealkylation sites (N-methyl/N-ethyl adjacent to an activating group) is 1. The number of nitrogens with zero attached hydrogens (tertiary/aromatic N) is 4. The largest absolute Gasteiger partial charge is 0.359 e. The van der Waals surface area contributed by atoms with Crippen molar-refractivity contribution in [1.82, 2.24) is 24.8 Å². The highest BCUT2D eigenvalue weighted by atomic mass is 32.2. The molecule has 216 valence electrons. The first kappa shape index (κ1) is 28.6. The zero-order chi connectivity index (χ0) is 29.5. The van der Waals surface area contributed by atoms with Crippen LogP contribution in [-0.2, 0) is 14.6 Å². The quantitative estimate of drug-likeness (QED) is 0.298. The molecule has 3 heterocycles. The molecule has 13 heteroatoms. The van der Waals surface area contributed by atoms with Crippen molar-refractivity contribution in [3.8, 4) is 11.3 Å². The predicted octanol–water partition coefficient (Wildman–Crippen LogP) is 4.01. The molecule has 2 aromatic carbocycles. The van der Waals surface area contributed by atoms with Gasteiger partial charge in [0.05, 0.1) is 29.1 Å². The summed E-state index contributed by atoms with van der Waals surface area (Å²) >= 11 is 0. The Hall–Kier alpha value is -3.94. The Kier molecular flexibility index (Phi) is 7.77. The molecule has 2 atom stereocenters. The van der Waals surface area contributed by atoms with Crippen LogP contribution >= 0.6 is 0 Å². The van der Waals surface area contributed by atoms with E-state index in [1.54, 1.807) is 24.4 Å². The average molecular weight is 584 g/mol. The van der Waals surface area contributed by atoms with Crippen LogP contribution in [0.5, 0.6) is 0 Å². The number of para-hydroxylation sites is 1. The monoisotopic (exact) mass is 583 g/mol. The molecule has 0 saturated carbocycles. The number of aromatic amines is 1. The van der Waals surface area contributed by atoms with E-state index in [1.807, 2.05) is 6.92 Å². The van der Waals surface area contributed by atoms with Crippen molar-refractivity contribution in [3.05, 3.63) is 60.4 Å². The first-order valence-electron chi connectivity index (χ1n) is 13.1. The van der Waals surface area contributed by atoms with Crippen molar-refractivity contribution >= 4 is 44.0 Å². The first-order chi connectivity index (χ1) is 19.4. The standard InChI is InChI=1S/C28H31F2N7O3S/c1-16-15-36(3)11-12-37(16)17(2)27(38)33-22-9-5-7-18-19(13-31-26(18)22)25-20(29)14-32-28(35-25)34-21-8-6-10-23(24(21)30)41(4,39)40/h5-10,13-14,16-17,31H,11-12,15H2,1-4H3,(H,33,38)(H,32,34,35). The Balaban J connectivity index is 1.42. The van der Waals surface area contributed by atoms with E-state index in [9.17, 15) is 22.0 Å². The number of fused-ring (bicyclic) bond motifs is 1. The van der Waals surface area contributed by atoms with Crippen molar-refractivity contribution in [1.29, 1.82) is 0 Å². The van der Waals surface area contributed by atoms with E-state index in [1.165, 1.54) is 12.1 Å². The number of anilines is 3. The molecule has 1 saturated heterocycles. The number of carbonyl (C=O) groups excluding carboxylic acids is 1. The normalized spacial score (nSPS) is 17.5. The third-order valence-corrected chi connectivity index (χ3v) is 8.45. The maximum atomic E-state index is 15.0. The Morgan fingerprint density at radius 2 is 1.88 bits per heavy atom. The van der Waals surface area contributed by atoms with Crippen LogP contribution in [0.15, 0.2) is 53.7 Å². The Labute approximate surface area is 236 Å². The highest BCUT2D eigenvalue weighted by Crippen LogP contribution is 2.34. The molecule has 10 nitrogen and oxygen atoms in total. The second-order valence-electron chi connectivity index (χ2n) is 10.3. The van der Waals surface area contributed by atoms with Gasteiger partial charge in [-0.3, -0.25) is 9.69 Å². The zero-order valence-electron chi connectivity index (χ0n) is 23.1. The summed E-state index contributed by atoms with van der Waals surface area (Å²) in [5.74, 6) is -1.98. The molecule has 41 heavy (non-hydrogen) atoms. The first-order valence-corrected chi connectivity index (χ1v) is 15.0. The molecule has 1 amide bonds. The number of piperazine rings is 1. The third-order valence-electron chi connectivity index (χ3n) is 7.34.